The van der Waals surface area contributed by atoms with Crippen LogP contribution in [0.25, 0.3) is 11.6 Å². The Balaban J connectivity index is 1.89. The SMILES string of the molecule is CCOc1cc(/C=C2/C(=O)Nc3cc(Cl)ccc32)ccc1OCC(=O)N(C)C. The third-order valence-corrected chi connectivity index (χ3v) is 4.43. The quantitative estimate of drug-likeness (QED) is 0.751. The smallest absolute Gasteiger partial charge is 0.259 e. The van der Waals surface area contributed by atoms with Gasteiger partial charge in [0, 0.05) is 30.3 Å². The molecule has 1 heterocycles. The largest absolute Gasteiger partial charge is 0.490 e. The zero-order valence-corrected chi connectivity index (χ0v) is 16.7. The number of carbonyl (C=O) groups excluding carboxylic acids is 2. The number of anilines is 1. The van der Waals surface area contributed by atoms with Gasteiger partial charge in [-0.15, -0.1) is 0 Å². The van der Waals surface area contributed by atoms with E-state index in [-0.39, 0.29) is 18.4 Å². The number of amides is 2. The van der Waals surface area contributed by atoms with Crippen LogP contribution < -0.4 is 14.8 Å². The molecule has 1 aliphatic rings. The molecule has 0 atom stereocenters. The summed E-state index contributed by atoms with van der Waals surface area (Å²) in [7, 11) is 3.34. The predicted molar refractivity (Wildman–Crippen MR) is 110 cm³/mol. The number of hydrogen-bond acceptors (Lipinski definition) is 4. The zero-order valence-electron chi connectivity index (χ0n) is 15.9. The van der Waals surface area contributed by atoms with Crippen molar-refractivity contribution < 1.29 is 19.1 Å². The number of fused-ring (bicyclic) bond motifs is 1. The Hall–Kier alpha value is -2.99. The van der Waals surface area contributed by atoms with E-state index in [4.69, 9.17) is 21.1 Å². The maximum Gasteiger partial charge on any atom is 0.259 e. The van der Waals surface area contributed by atoms with Gasteiger partial charge < -0.3 is 19.7 Å². The first kappa shape index (κ1) is 19.8. The van der Waals surface area contributed by atoms with Gasteiger partial charge in [-0.25, -0.2) is 0 Å². The van der Waals surface area contributed by atoms with Gasteiger partial charge in [-0.05, 0) is 42.8 Å². The van der Waals surface area contributed by atoms with E-state index in [1.807, 2.05) is 19.1 Å². The fraction of sp³-hybridized carbons (Fsp3) is 0.238. The van der Waals surface area contributed by atoms with Crippen molar-refractivity contribution in [3.63, 3.8) is 0 Å². The molecule has 2 aromatic rings. The fourth-order valence-corrected chi connectivity index (χ4v) is 2.92. The van der Waals surface area contributed by atoms with Crippen molar-refractivity contribution in [1.82, 2.24) is 4.90 Å². The Morgan fingerprint density at radius 1 is 1.14 bits per heavy atom. The third kappa shape index (κ3) is 4.28. The highest BCUT2D eigenvalue weighted by Crippen LogP contribution is 2.36. The summed E-state index contributed by atoms with van der Waals surface area (Å²) in [6.45, 7) is 2.23. The first-order valence-corrected chi connectivity index (χ1v) is 9.19. The minimum atomic E-state index is -0.188. The first-order chi connectivity index (χ1) is 13.4. The topological polar surface area (TPSA) is 67.9 Å². The number of hydrogen-bond donors (Lipinski definition) is 1. The summed E-state index contributed by atoms with van der Waals surface area (Å²) >= 11 is 6.00. The Morgan fingerprint density at radius 2 is 1.93 bits per heavy atom. The van der Waals surface area contributed by atoms with E-state index in [0.717, 1.165) is 11.1 Å². The van der Waals surface area contributed by atoms with Crippen molar-refractivity contribution in [1.29, 1.82) is 0 Å². The van der Waals surface area contributed by atoms with E-state index in [0.29, 0.717) is 34.4 Å². The molecule has 6 nitrogen and oxygen atoms in total. The molecule has 0 aliphatic carbocycles. The molecule has 0 aromatic heterocycles. The number of ether oxygens (including phenoxy) is 2. The van der Waals surface area contributed by atoms with Crippen LogP contribution in [0.15, 0.2) is 36.4 Å². The van der Waals surface area contributed by atoms with E-state index >= 15 is 0 Å². The molecule has 0 saturated carbocycles. The second kappa shape index (κ2) is 8.35. The van der Waals surface area contributed by atoms with Gasteiger partial charge >= 0.3 is 0 Å². The molecule has 0 unspecified atom stereocenters. The number of nitrogens with zero attached hydrogens (tertiary/aromatic N) is 1. The monoisotopic (exact) mass is 400 g/mol. The summed E-state index contributed by atoms with van der Waals surface area (Å²) in [4.78, 5) is 25.6. The molecule has 1 aliphatic heterocycles. The van der Waals surface area contributed by atoms with Gasteiger partial charge in [-0.3, -0.25) is 9.59 Å². The van der Waals surface area contributed by atoms with Crippen LogP contribution in [0.5, 0.6) is 11.5 Å². The molecule has 0 bridgehead atoms. The molecule has 28 heavy (non-hydrogen) atoms. The van der Waals surface area contributed by atoms with Crippen LogP contribution in [-0.2, 0) is 9.59 Å². The number of carbonyl (C=O) groups is 2. The molecular weight excluding hydrogens is 380 g/mol. The van der Waals surface area contributed by atoms with E-state index in [1.54, 1.807) is 44.4 Å². The molecule has 3 rings (SSSR count). The van der Waals surface area contributed by atoms with E-state index in [2.05, 4.69) is 5.32 Å². The van der Waals surface area contributed by atoms with E-state index in [1.165, 1.54) is 4.90 Å². The van der Waals surface area contributed by atoms with Crippen molar-refractivity contribution >= 4 is 40.8 Å². The van der Waals surface area contributed by atoms with Crippen LogP contribution in [0.1, 0.15) is 18.1 Å². The lowest BCUT2D eigenvalue weighted by atomic mass is 10.0. The second-order valence-electron chi connectivity index (χ2n) is 6.42. The van der Waals surface area contributed by atoms with E-state index < -0.39 is 0 Å². The molecule has 146 valence electrons. The number of rotatable bonds is 6. The van der Waals surface area contributed by atoms with E-state index in [9.17, 15) is 9.59 Å². The number of benzene rings is 2. The van der Waals surface area contributed by atoms with Crippen molar-refractivity contribution in [2.45, 2.75) is 6.92 Å². The maximum atomic E-state index is 12.3. The Kier molecular flexibility index (Phi) is 5.90. The molecule has 0 fully saturated rings. The van der Waals surface area contributed by atoms with Gasteiger partial charge in [-0.2, -0.15) is 0 Å². The van der Waals surface area contributed by atoms with Gasteiger partial charge in [0.1, 0.15) is 0 Å². The van der Waals surface area contributed by atoms with Gasteiger partial charge in [0.05, 0.1) is 12.3 Å². The summed E-state index contributed by atoms with van der Waals surface area (Å²) in [5.74, 6) is 0.652. The lowest BCUT2D eigenvalue weighted by Gasteiger charge is -2.14. The van der Waals surface area contributed by atoms with Gasteiger partial charge in [0.2, 0.25) is 0 Å². The van der Waals surface area contributed by atoms with Crippen molar-refractivity contribution in [2.24, 2.45) is 0 Å². The summed E-state index contributed by atoms with van der Waals surface area (Å²) in [6.07, 6.45) is 1.78. The molecule has 0 spiro atoms. The minimum Gasteiger partial charge on any atom is -0.490 e. The third-order valence-electron chi connectivity index (χ3n) is 4.19. The highest BCUT2D eigenvalue weighted by Gasteiger charge is 2.24. The summed E-state index contributed by atoms with van der Waals surface area (Å²) in [6, 6.07) is 10.6. The number of halogens is 1. The van der Waals surface area contributed by atoms with Crippen LogP contribution in [0.3, 0.4) is 0 Å². The predicted octanol–water partition coefficient (Wildman–Crippen LogP) is 3.70. The van der Waals surface area contributed by atoms with Crippen LogP contribution >= 0.6 is 11.6 Å². The number of nitrogens with one attached hydrogen (secondary N) is 1. The molecule has 2 aromatic carbocycles. The first-order valence-electron chi connectivity index (χ1n) is 8.81. The highest BCUT2D eigenvalue weighted by molar-refractivity contribution is 6.36. The van der Waals surface area contributed by atoms with Crippen LogP contribution in [0, 0.1) is 0 Å². The lowest BCUT2D eigenvalue weighted by molar-refractivity contribution is -0.130. The molecular formula is C21H21ClN2O4. The molecule has 2 amide bonds. The summed E-state index contributed by atoms with van der Waals surface area (Å²) < 4.78 is 11.2. The highest BCUT2D eigenvalue weighted by atomic mass is 35.5. The Morgan fingerprint density at radius 3 is 2.64 bits per heavy atom. The standard InChI is InChI=1S/C21H21ClN2O4/c1-4-27-19-10-13(5-8-18(19)28-12-20(25)24(2)3)9-16-15-7-6-14(22)11-17(15)23-21(16)26/h5-11H,4,12H2,1-3H3,(H,23,26)/b16-9+. The van der Waals surface area contributed by atoms with Crippen molar-refractivity contribution in [3.8, 4) is 11.5 Å². The maximum absolute atomic E-state index is 12.3. The Labute approximate surface area is 168 Å². The van der Waals surface area contributed by atoms with Crippen molar-refractivity contribution in [2.75, 3.05) is 32.6 Å². The molecule has 1 N–H and O–H groups in total. The van der Waals surface area contributed by atoms with Crippen LogP contribution in [-0.4, -0.2) is 44.0 Å². The Bertz CT molecular complexity index is 953. The molecule has 0 saturated heterocycles. The molecule has 7 heteroatoms. The summed E-state index contributed by atoms with van der Waals surface area (Å²) in [5.41, 5.74) is 2.81. The van der Waals surface area contributed by atoms with Gasteiger partial charge in [0.25, 0.3) is 11.8 Å². The second-order valence-corrected chi connectivity index (χ2v) is 6.85. The van der Waals surface area contributed by atoms with Crippen LogP contribution in [0.2, 0.25) is 5.02 Å². The average Bonchev–Trinajstić information content (AvgIpc) is 2.95. The molecule has 0 radical (unpaired) electrons. The lowest BCUT2D eigenvalue weighted by Crippen LogP contribution is -2.27. The minimum absolute atomic E-state index is 0.0793. The van der Waals surface area contributed by atoms with Crippen LogP contribution in [0.4, 0.5) is 5.69 Å². The van der Waals surface area contributed by atoms with Crippen molar-refractivity contribution in [3.05, 3.63) is 52.5 Å². The zero-order chi connectivity index (χ0) is 20.3. The summed E-state index contributed by atoms with van der Waals surface area (Å²) in [5, 5.41) is 3.38. The van der Waals surface area contributed by atoms with Gasteiger partial charge in [0.15, 0.2) is 18.1 Å². The average molecular weight is 401 g/mol. The normalized spacial score (nSPS) is 13.9. The fourth-order valence-electron chi connectivity index (χ4n) is 2.75. The van der Waals surface area contributed by atoms with Gasteiger partial charge in [-0.1, -0.05) is 23.7 Å². The number of likely N-dealkylation sites (N-methyl/N-ethyl adjacent to an activating group) is 1.